The van der Waals surface area contributed by atoms with Gasteiger partial charge in [-0.1, -0.05) is 27.4 Å². The molecule has 0 saturated carbocycles. The first-order chi connectivity index (χ1) is 25.0. The molecule has 3 aliphatic heterocycles. The summed E-state index contributed by atoms with van der Waals surface area (Å²) in [5.74, 6) is -2.36. The Labute approximate surface area is 324 Å². The summed E-state index contributed by atoms with van der Waals surface area (Å²) < 4.78 is 44.6. The highest BCUT2D eigenvalue weighted by Crippen LogP contribution is 2.41. The molecular weight excluding hydrogens is 700 g/mol. The number of carbonyl (C=O) groups is 1. The first-order valence-electron chi connectivity index (χ1n) is 19.8. The first-order valence-corrected chi connectivity index (χ1v) is 19.8. The van der Waals surface area contributed by atoms with Gasteiger partial charge in [0.25, 0.3) is 0 Å². The first kappa shape index (κ1) is 46.9. The SMILES string of the molecule is C=CO[C@]1(C)C[C@@H](C)CN(C)[C@H](C)[C@@H](O)[C@](C)(O)[C@@H](CC)OC(=O)[C@H](C)[C@@H](O[C@H]2C[C@@](C)(OC)[C@@H](O)[C@H](C)O2)[C@H](C)[C@H]1O[C@@H]1O[C@H](C)C[C@H](N(C)C)[C@H]1O. The molecule has 0 amide bonds. The van der Waals surface area contributed by atoms with E-state index < -0.39 is 96.0 Å². The molecular formula is C40H74N2O12. The number of ether oxygens (including phenoxy) is 7. The molecule has 18 atom stereocenters. The number of likely N-dealkylation sites (N-methyl/N-ethyl adjacent to an activating group) is 2. The third-order valence-electron chi connectivity index (χ3n) is 12.5. The molecule has 3 rings (SSSR count). The van der Waals surface area contributed by atoms with Crippen molar-refractivity contribution < 1.29 is 58.4 Å². The maximum absolute atomic E-state index is 14.3. The monoisotopic (exact) mass is 775 g/mol. The number of aliphatic hydroxyl groups excluding tert-OH is 3. The summed E-state index contributed by atoms with van der Waals surface area (Å²) in [6, 6.07) is -0.768. The fraction of sp³-hybridized carbons (Fsp3) is 0.925. The zero-order valence-corrected chi connectivity index (χ0v) is 35.4. The molecule has 0 aromatic rings. The lowest BCUT2D eigenvalue weighted by Crippen LogP contribution is -2.60. The quantitative estimate of drug-likeness (QED) is 0.199. The molecule has 0 unspecified atom stereocenters. The number of hydrogen-bond acceptors (Lipinski definition) is 14. The van der Waals surface area contributed by atoms with E-state index in [9.17, 15) is 25.2 Å². The van der Waals surface area contributed by atoms with Gasteiger partial charge in [-0.25, -0.2) is 0 Å². The minimum absolute atomic E-state index is 0.0586. The highest BCUT2D eigenvalue weighted by atomic mass is 16.7. The Balaban J connectivity index is 2.25. The van der Waals surface area contributed by atoms with Crippen LogP contribution in [0.5, 0.6) is 0 Å². The van der Waals surface area contributed by atoms with Gasteiger partial charge in [-0.15, -0.1) is 0 Å². The number of hydrogen-bond donors (Lipinski definition) is 4. The van der Waals surface area contributed by atoms with Gasteiger partial charge in [0.15, 0.2) is 12.6 Å². The number of methoxy groups -OCH3 is 1. The average molecular weight is 775 g/mol. The zero-order chi connectivity index (χ0) is 41.1. The number of esters is 1. The van der Waals surface area contributed by atoms with Crippen LogP contribution in [0.1, 0.15) is 94.9 Å². The van der Waals surface area contributed by atoms with Crippen molar-refractivity contribution in [3.8, 4) is 0 Å². The lowest BCUT2D eigenvalue weighted by atomic mass is 9.77. The number of rotatable bonds is 9. The lowest BCUT2D eigenvalue weighted by molar-refractivity contribution is -0.318. The van der Waals surface area contributed by atoms with E-state index in [-0.39, 0.29) is 30.9 Å². The van der Waals surface area contributed by atoms with Gasteiger partial charge in [-0.05, 0) is 94.8 Å². The molecule has 3 aliphatic rings. The van der Waals surface area contributed by atoms with Crippen molar-refractivity contribution in [1.29, 1.82) is 0 Å². The van der Waals surface area contributed by atoms with Gasteiger partial charge < -0.3 is 63.4 Å². The van der Waals surface area contributed by atoms with E-state index >= 15 is 0 Å². The van der Waals surface area contributed by atoms with Crippen LogP contribution in [0.4, 0.5) is 0 Å². The van der Waals surface area contributed by atoms with Gasteiger partial charge in [0.2, 0.25) is 0 Å². The predicted octanol–water partition coefficient (Wildman–Crippen LogP) is 3.07. The van der Waals surface area contributed by atoms with Crippen molar-refractivity contribution in [3.05, 3.63) is 12.8 Å². The third-order valence-corrected chi connectivity index (χ3v) is 12.5. The molecule has 0 radical (unpaired) electrons. The van der Waals surface area contributed by atoms with Crippen LogP contribution in [0.2, 0.25) is 0 Å². The van der Waals surface area contributed by atoms with E-state index in [2.05, 4.69) is 13.5 Å². The maximum atomic E-state index is 14.3. The van der Waals surface area contributed by atoms with Gasteiger partial charge in [-0.3, -0.25) is 4.79 Å². The van der Waals surface area contributed by atoms with Crippen molar-refractivity contribution in [1.82, 2.24) is 9.80 Å². The highest BCUT2D eigenvalue weighted by molar-refractivity contribution is 5.73. The van der Waals surface area contributed by atoms with Gasteiger partial charge in [-0.2, -0.15) is 0 Å². The molecule has 0 aromatic carbocycles. The zero-order valence-electron chi connectivity index (χ0n) is 35.4. The molecule has 54 heavy (non-hydrogen) atoms. The molecule has 0 spiro atoms. The van der Waals surface area contributed by atoms with E-state index in [1.807, 2.05) is 58.6 Å². The summed E-state index contributed by atoms with van der Waals surface area (Å²) in [6.07, 6.45) is -6.21. The summed E-state index contributed by atoms with van der Waals surface area (Å²) in [4.78, 5) is 18.3. The van der Waals surface area contributed by atoms with Crippen LogP contribution in [0.15, 0.2) is 12.8 Å². The number of cyclic esters (lactones) is 1. The molecule has 3 saturated heterocycles. The van der Waals surface area contributed by atoms with E-state index in [1.54, 1.807) is 27.7 Å². The van der Waals surface area contributed by atoms with E-state index in [0.717, 1.165) is 0 Å². The number of nitrogens with zero attached hydrogens (tertiary/aromatic N) is 2. The Morgan fingerprint density at radius 3 is 2.17 bits per heavy atom. The second kappa shape index (κ2) is 18.9. The Morgan fingerprint density at radius 1 is 0.981 bits per heavy atom. The van der Waals surface area contributed by atoms with Crippen molar-refractivity contribution in [2.24, 2.45) is 17.8 Å². The molecule has 0 aliphatic carbocycles. The summed E-state index contributed by atoms with van der Waals surface area (Å²) >= 11 is 0. The Morgan fingerprint density at radius 2 is 1.61 bits per heavy atom. The minimum atomic E-state index is -1.79. The Kier molecular flexibility index (Phi) is 16.4. The van der Waals surface area contributed by atoms with Crippen LogP contribution in [0.25, 0.3) is 0 Å². The molecule has 316 valence electrons. The lowest BCUT2D eigenvalue weighted by Gasteiger charge is -2.49. The molecule has 14 heteroatoms. The van der Waals surface area contributed by atoms with Crippen LogP contribution in [0, 0.1) is 17.8 Å². The molecule has 14 nitrogen and oxygen atoms in total. The fourth-order valence-corrected chi connectivity index (χ4v) is 9.02. The van der Waals surface area contributed by atoms with Crippen LogP contribution < -0.4 is 0 Å². The third kappa shape index (κ3) is 10.4. The van der Waals surface area contributed by atoms with Crippen molar-refractivity contribution in [2.45, 2.75) is 185 Å². The summed E-state index contributed by atoms with van der Waals surface area (Å²) in [7, 11) is 7.22. The van der Waals surface area contributed by atoms with E-state index in [0.29, 0.717) is 19.4 Å². The summed E-state index contributed by atoms with van der Waals surface area (Å²) in [5.41, 5.74) is -3.92. The van der Waals surface area contributed by atoms with Crippen LogP contribution in [-0.4, -0.2) is 161 Å². The van der Waals surface area contributed by atoms with E-state index in [4.69, 9.17) is 33.2 Å². The van der Waals surface area contributed by atoms with Crippen molar-refractivity contribution >= 4 is 5.97 Å². The fourth-order valence-electron chi connectivity index (χ4n) is 9.02. The maximum Gasteiger partial charge on any atom is 0.311 e. The van der Waals surface area contributed by atoms with Gasteiger partial charge in [0.05, 0.1) is 36.1 Å². The van der Waals surface area contributed by atoms with Gasteiger partial charge in [0, 0.05) is 38.1 Å². The predicted molar refractivity (Wildman–Crippen MR) is 203 cm³/mol. The Hall–Kier alpha value is -1.43. The van der Waals surface area contributed by atoms with Crippen LogP contribution in [0.3, 0.4) is 0 Å². The normalized spacial score (nSPS) is 48.1. The summed E-state index contributed by atoms with van der Waals surface area (Å²) in [5, 5.41) is 46.0. The molecule has 0 aromatic heterocycles. The number of aliphatic hydroxyl groups is 4. The van der Waals surface area contributed by atoms with Gasteiger partial charge >= 0.3 is 5.97 Å². The van der Waals surface area contributed by atoms with Gasteiger partial charge in [0.1, 0.15) is 41.7 Å². The van der Waals surface area contributed by atoms with Crippen molar-refractivity contribution in [3.63, 3.8) is 0 Å². The number of carbonyl (C=O) groups excluding carboxylic acids is 1. The minimum Gasteiger partial charge on any atom is -0.493 e. The van der Waals surface area contributed by atoms with Crippen molar-refractivity contribution in [2.75, 3.05) is 34.8 Å². The largest absolute Gasteiger partial charge is 0.493 e. The van der Waals surface area contributed by atoms with Crippen LogP contribution >= 0.6 is 0 Å². The topological polar surface area (TPSA) is 169 Å². The van der Waals surface area contributed by atoms with Crippen LogP contribution in [-0.2, 0) is 38.0 Å². The average Bonchev–Trinajstić information content (AvgIpc) is 3.09. The van der Waals surface area contributed by atoms with E-state index in [1.165, 1.54) is 20.3 Å². The second-order valence-electron chi connectivity index (χ2n) is 17.4. The summed E-state index contributed by atoms with van der Waals surface area (Å²) in [6.45, 7) is 22.6. The second-order valence-corrected chi connectivity index (χ2v) is 17.4. The highest BCUT2D eigenvalue weighted by Gasteiger charge is 2.53. The molecule has 0 bridgehead atoms. The molecule has 3 heterocycles. The molecule has 3 fully saturated rings. The standard InChI is InChI=1S/C40H74N2O12/c1-16-29-40(11,47)33(44)26(7)42(14)21-22(3)19-39(10,49-17-2)35(54-37-31(43)28(41(12)13)18-23(4)50-37)24(5)32(25(6)36(46)52-29)53-30-20-38(9,48-15)34(45)27(8)51-30/h17,22-35,37,43-45,47H,2,16,18-21H2,1,3-15H3/t22-,23-,24+,25-,26-,27+,28+,29-,30+,31-,32+,33-,34+,35-,37+,38-,39-,40-/m1/s1. The smallest absolute Gasteiger partial charge is 0.311 e. The Bertz CT molecular complexity index is 1210. The molecule has 4 N–H and O–H groups in total.